The minimum atomic E-state index is 0.897. The summed E-state index contributed by atoms with van der Waals surface area (Å²) < 4.78 is 0. The van der Waals surface area contributed by atoms with Crippen molar-refractivity contribution in [3.05, 3.63) is 35.9 Å². The number of rotatable bonds is 8. The Morgan fingerprint density at radius 1 is 1.12 bits per heavy atom. The van der Waals surface area contributed by atoms with Gasteiger partial charge >= 0.3 is 0 Å². The van der Waals surface area contributed by atoms with Crippen molar-refractivity contribution in [1.29, 1.82) is 0 Å². The topological polar surface area (TPSA) is 12.0 Å². The van der Waals surface area contributed by atoms with Gasteiger partial charge in [-0.05, 0) is 24.4 Å². The molecule has 0 saturated heterocycles. The summed E-state index contributed by atoms with van der Waals surface area (Å²) in [6.07, 6.45) is 5.36. The molecule has 0 heterocycles. The summed E-state index contributed by atoms with van der Waals surface area (Å²) in [6.45, 7) is 6.77. The van der Waals surface area contributed by atoms with Gasteiger partial charge in [-0.2, -0.15) is 0 Å². The minimum absolute atomic E-state index is 0.897. The Kier molecular flexibility index (Phi) is 6.91. The molecule has 0 aliphatic rings. The quantitative estimate of drug-likeness (QED) is 0.652. The standard InChI is InChI=1S/C15H25N/c1-3-14(2)9-7-8-12-16-13-15-10-5-4-6-11-15/h4-6,10-11,14,16H,3,7-9,12-13H2,1-2H3. The second-order valence-electron chi connectivity index (χ2n) is 4.67. The third-order valence-electron chi connectivity index (χ3n) is 3.17. The summed E-state index contributed by atoms with van der Waals surface area (Å²) in [5.74, 6) is 0.897. The average Bonchev–Trinajstić information content (AvgIpc) is 2.34. The lowest BCUT2D eigenvalue weighted by atomic mass is 10.0. The third-order valence-corrected chi connectivity index (χ3v) is 3.17. The van der Waals surface area contributed by atoms with Crippen molar-refractivity contribution in [2.45, 2.75) is 46.1 Å². The zero-order valence-electron chi connectivity index (χ0n) is 10.7. The first-order chi connectivity index (χ1) is 7.83. The van der Waals surface area contributed by atoms with Gasteiger partial charge < -0.3 is 5.32 Å². The van der Waals surface area contributed by atoms with Crippen molar-refractivity contribution in [3.8, 4) is 0 Å². The normalized spacial score (nSPS) is 12.6. The van der Waals surface area contributed by atoms with Gasteiger partial charge in [0.25, 0.3) is 0 Å². The number of nitrogens with one attached hydrogen (secondary N) is 1. The molecule has 0 aliphatic carbocycles. The van der Waals surface area contributed by atoms with Crippen LogP contribution in [-0.2, 0) is 6.54 Å². The molecule has 1 aromatic carbocycles. The summed E-state index contributed by atoms with van der Waals surface area (Å²) in [7, 11) is 0. The molecule has 1 rings (SSSR count). The van der Waals surface area contributed by atoms with E-state index in [9.17, 15) is 0 Å². The lowest BCUT2D eigenvalue weighted by molar-refractivity contribution is 0.476. The van der Waals surface area contributed by atoms with Gasteiger partial charge in [0.2, 0.25) is 0 Å². The van der Waals surface area contributed by atoms with E-state index in [0.717, 1.165) is 19.0 Å². The molecule has 0 amide bonds. The van der Waals surface area contributed by atoms with E-state index in [1.165, 1.54) is 31.2 Å². The second-order valence-corrected chi connectivity index (χ2v) is 4.67. The van der Waals surface area contributed by atoms with Gasteiger partial charge in [0.15, 0.2) is 0 Å². The Balaban J connectivity index is 1.96. The first-order valence-electron chi connectivity index (χ1n) is 6.57. The fourth-order valence-corrected chi connectivity index (χ4v) is 1.78. The van der Waals surface area contributed by atoms with E-state index < -0.39 is 0 Å². The van der Waals surface area contributed by atoms with Crippen molar-refractivity contribution < 1.29 is 0 Å². The molecule has 0 bridgehead atoms. The maximum atomic E-state index is 3.49. The highest BCUT2D eigenvalue weighted by molar-refractivity contribution is 5.14. The Hall–Kier alpha value is -0.820. The van der Waals surface area contributed by atoms with Crippen molar-refractivity contribution in [1.82, 2.24) is 5.32 Å². The molecule has 1 N–H and O–H groups in total. The van der Waals surface area contributed by atoms with Gasteiger partial charge in [-0.3, -0.25) is 0 Å². The van der Waals surface area contributed by atoms with Crippen LogP contribution in [0.25, 0.3) is 0 Å². The summed E-state index contributed by atoms with van der Waals surface area (Å²) in [5.41, 5.74) is 1.38. The number of unbranched alkanes of at least 4 members (excludes halogenated alkanes) is 1. The summed E-state index contributed by atoms with van der Waals surface area (Å²) in [4.78, 5) is 0. The van der Waals surface area contributed by atoms with Crippen LogP contribution in [0.3, 0.4) is 0 Å². The van der Waals surface area contributed by atoms with E-state index in [1.807, 2.05) is 0 Å². The van der Waals surface area contributed by atoms with E-state index in [0.29, 0.717) is 0 Å². The van der Waals surface area contributed by atoms with Crippen molar-refractivity contribution in [2.24, 2.45) is 5.92 Å². The number of hydrogen-bond donors (Lipinski definition) is 1. The Morgan fingerprint density at radius 3 is 2.56 bits per heavy atom. The average molecular weight is 219 g/mol. The zero-order valence-corrected chi connectivity index (χ0v) is 10.7. The fraction of sp³-hybridized carbons (Fsp3) is 0.600. The van der Waals surface area contributed by atoms with Crippen molar-refractivity contribution in [2.75, 3.05) is 6.54 Å². The Labute approximate surface area is 100 Å². The predicted molar refractivity (Wildman–Crippen MR) is 71.5 cm³/mol. The van der Waals surface area contributed by atoms with Gasteiger partial charge in [-0.1, -0.05) is 63.4 Å². The molecule has 1 aromatic rings. The van der Waals surface area contributed by atoms with Gasteiger partial charge in [0, 0.05) is 6.54 Å². The van der Waals surface area contributed by atoms with E-state index in [4.69, 9.17) is 0 Å². The summed E-state index contributed by atoms with van der Waals surface area (Å²) in [6, 6.07) is 10.6. The first kappa shape index (κ1) is 13.2. The highest BCUT2D eigenvalue weighted by Gasteiger charge is 1.97. The van der Waals surface area contributed by atoms with Crippen LogP contribution in [0.15, 0.2) is 30.3 Å². The number of benzene rings is 1. The molecule has 1 heteroatoms. The Bertz CT molecular complexity index is 255. The van der Waals surface area contributed by atoms with Crippen LogP contribution < -0.4 is 5.32 Å². The molecular weight excluding hydrogens is 194 g/mol. The van der Waals surface area contributed by atoms with Crippen LogP contribution in [0.4, 0.5) is 0 Å². The molecule has 0 saturated carbocycles. The SMILES string of the molecule is CCC(C)CCCCNCc1ccccc1. The second kappa shape index (κ2) is 8.35. The van der Waals surface area contributed by atoms with Crippen molar-refractivity contribution >= 4 is 0 Å². The Morgan fingerprint density at radius 2 is 1.88 bits per heavy atom. The smallest absolute Gasteiger partial charge is 0.0205 e. The summed E-state index contributed by atoms with van der Waals surface area (Å²) >= 11 is 0. The predicted octanol–water partition coefficient (Wildman–Crippen LogP) is 3.99. The molecule has 0 aliphatic heterocycles. The monoisotopic (exact) mass is 219 g/mol. The van der Waals surface area contributed by atoms with Crippen LogP contribution in [0, 0.1) is 5.92 Å². The maximum absolute atomic E-state index is 3.49. The molecular formula is C15H25N. The highest BCUT2D eigenvalue weighted by Crippen LogP contribution is 2.10. The fourth-order valence-electron chi connectivity index (χ4n) is 1.78. The van der Waals surface area contributed by atoms with Gasteiger partial charge in [-0.15, -0.1) is 0 Å². The van der Waals surface area contributed by atoms with Crippen molar-refractivity contribution in [3.63, 3.8) is 0 Å². The van der Waals surface area contributed by atoms with Crippen LogP contribution in [0.1, 0.15) is 45.1 Å². The van der Waals surface area contributed by atoms with E-state index in [-0.39, 0.29) is 0 Å². The van der Waals surface area contributed by atoms with Crippen LogP contribution in [0.5, 0.6) is 0 Å². The molecule has 0 fully saturated rings. The molecule has 0 aromatic heterocycles. The van der Waals surface area contributed by atoms with E-state index in [2.05, 4.69) is 49.5 Å². The summed E-state index contributed by atoms with van der Waals surface area (Å²) in [5, 5.41) is 3.49. The molecule has 0 spiro atoms. The molecule has 16 heavy (non-hydrogen) atoms. The first-order valence-corrected chi connectivity index (χ1v) is 6.57. The maximum Gasteiger partial charge on any atom is 0.0205 e. The van der Waals surface area contributed by atoms with Crippen LogP contribution >= 0.6 is 0 Å². The largest absolute Gasteiger partial charge is 0.313 e. The molecule has 1 unspecified atom stereocenters. The third kappa shape index (κ3) is 5.92. The minimum Gasteiger partial charge on any atom is -0.313 e. The highest BCUT2D eigenvalue weighted by atomic mass is 14.8. The van der Waals surface area contributed by atoms with Gasteiger partial charge in [0.05, 0.1) is 0 Å². The van der Waals surface area contributed by atoms with Gasteiger partial charge in [-0.25, -0.2) is 0 Å². The molecule has 0 radical (unpaired) electrons. The lowest BCUT2D eigenvalue weighted by Crippen LogP contribution is -2.14. The zero-order chi connectivity index (χ0) is 11.6. The molecule has 1 atom stereocenters. The number of hydrogen-bond acceptors (Lipinski definition) is 1. The van der Waals surface area contributed by atoms with E-state index in [1.54, 1.807) is 0 Å². The van der Waals surface area contributed by atoms with Crippen LogP contribution in [-0.4, -0.2) is 6.54 Å². The van der Waals surface area contributed by atoms with E-state index >= 15 is 0 Å². The molecule has 90 valence electrons. The lowest BCUT2D eigenvalue weighted by Gasteiger charge is -2.08. The molecule has 1 nitrogen and oxygen atoms in total. The van der Waals surface area contributed by atoms with Crippen LogP contribution in [0.2, 0.25) is 0 Å². The van der Waals surface area contributed by atoms with Gasteiger partial charge in [0.1, 0.15) is 0 Å².